The lowest BCUT2D eigenvalue weighted by molar-refractivity contribution is 0.0995. The maximum atomic E-state index is 12.3. The van der Waals surface area contributed by atoms with Crippen molar-refractivity contribution < 1.29 is 22.7 Å². The van der Waals surface area contributed by atoms with Gasteiger partial charge in [0.2, 0.25) is 5.88 Å². The number of primary amides is 1. The third-order valence-electron chi connectivity index (χ3n) is 4.47. The van der Waals surface area contributed by atoms with Crippen LogP contribution in [0.2, 0.25) is 0 Å². The zero-order chi connectivity index (χ0) is 21.0. The number of sulfone groups is 1. The number of allylic oxidation sites excluding steroid dienone is 1. The summed E-state index contributed by atoms with van der Waals surface area (Å²) in [5.74, 6) is -0.273. The molecule has 8 nitrogen and oxygen atoms in total. The molecule has 2 atom stereocenters. The number of nitrogens with zero attached hydrogens (tertiary/aromatic N) is 2. The Bertz CT molecular complexity index is 1020. The summed E-state index contributed by atoms with van der Waals surface area (Å²) in [7, 11) is -3.34. The molecule has 1 aromatic heterocycles. The number of carbonyl (C=O) groups excluding carboxylic acids is 1. The van der Waals surface area contributed by atoms with Crippen molar-refractivity contribution in [3.05, 3.63) is 58.9 Å². The molecule has 0 spiro atoms. The van der Waals surface area contributed by atoms with Gasteiger partial charge >= 0.3 is 0 Å². The molecule has 29 heavy (non-hydrogen) atoms. The Balaban J connectivity index is 2.13. The third kappa shape index (κ3) is 5.39. The third-order valence-corrected chi connectivity index (χ3v) is 5.12. The Morgan fingerprint density at radius 2 is 2.03 bits per heavy atom. The highest BCUT2D eigenvalue weighted by Gasteiger charge is 2.28. The SMILES string of the molecule is C[C@@H](/C=C/S(C)(=O)=O)c1nc(C2CCOC2)nc(Oc2ccccc2)c1C(N)=O. The minimum absolute atomic E-state index is 0.0298. The number of nitrogens with two attached hydrogens (primary N) is 1. The summed E-state index contributed by atoms with van der Waals surface area (Å²) in [6, 6.07) is 8.90. The van der Waals surface area contributed by atoms with Crippen LogP contribution >= 0.6 is 0 Å². The van der Waals surface area contributed by atoms with E-state index in [2.05, 4.69) is 9.97 Å². The number of hydrogen-bond acceptors (Lipinski definition) is 7. The number of rotatable bonds is 7. The van der Waals surface area contributed by atoms with Gasteiger partial charge in [-0.1, -0.05) is 31.2 Å². The smallest absolute Gasteiger partial charge is 0.256 e. The lowest BCUT2D eigenvalue weighted by Gasteiger charge is -2.18. The molecule has 2 aromatic rings. The molecular weight excluding hydrogens is 394 g/mol. The van der Waals surface area contributed by atoms with Crippen LogP contribution in [0.4, 0.5) is 0 Å². The van der Waals surface area contributed by atoms with Crippen molar-refractivity contribution in [1.29, 1.82) is 0 Å². The Labute approximate surface area is 169 Å². The highest BCUT2D eigenvalue weighted by atomic mass is 32.2. The van der Waals surface area contributed by atoms with Crippen LogP contribution < -0.4 is 10.5 Å². The fourth-order valence-electron chi connectivity index (χ4n) is 2.98. The van der Waals surface area contributed by atoms with E-state index in [4.69, 9.17) is 15.2 Å². The molecule has 1 saturated heterocycles. The predicted octanol–water partition coefficient (Wildman–Crippen LogP) is 2.53. The van der Waals surface area contributed by atoms with Gasteiger partial charge in [-0.25, -0.2) is 13.4 Å². The minimum atomic E-state index is -3.34. The standard InChI is InChI=1S/C20H23N3O5S/c1-13(9-11-29(2,25)26)17-16(18(21)24)20(28-15-6-4-3-5-7-15)23-19(22-17)14-8-10-27-12-14/h3-7,9,11,13-14H,8,10,12H2,1-2H3,(H2,21,24)/b11-9+/t13-,14?/m0/s1. The first kappa shape index (κ1) is 20.9. The van der Waals surface area contributed by atoms with Crippen LogP contribution in [-0.4, -0.2) is 43.8 Å². The first-order chi connectivity index (χ1) is 13.7. The highest BCUT2D eigenvalue weighted by molar-refractivity contribution is 7.93. The zero-order valence-electron chi connectivity index (χ0n) is 16.2. The topological polar surface area (TPSA) is 121 Å². The molecule has 1 aliphatic heterocycles. The van der Waals surface area contributed by atoms with Gasteiger partial charge < -0.3 is 15.2 Å². The highest BCUT2D eigenvalue weighted by Crippen LogP contribution is 2.33. The number of hydrogen-bond donors (Lipinski definition) is 1. The Kier molecular flexibility index (Phi) is 6.29. The van der Waals surface area contributed by atoms with E-state index in [9.17, 15) is 13.2 Å². The number of aromatic nitrogens is 2. The molecule has 1 aliphatic rings. The van der Waals surface area contributed by atoms with Crippen molar-refractivity contribution in [2.24, 2.45) is 5.73 Å². The van der Waals surface area contributed by atoms with Gasteiger partial charge in [-0.05, 0) is 18.6 Å². The molecule has 0 saturated carbocycles. The number of amides is 1. The Morgan fingerprint density at radius 3 is 2.62 bits per heavy atom. The summed E-state index contributed by atoms with van der Waals surface area (Å²) < 4.78 is 34.3. The first-order valence-electron chi connectivity index (χ1n) is 9.15. The zero-order valence-corrected chi connectivity index (χ0v) is 17.1. The summed E-state index contributed by atoms with van der Waals surface area (Å²) >= 11 is 0. The second-order valence-electron chi connectivity index (χ2n) is 6.93. The molecule has 0 aliphatic carbocycles. The van der Waals surface area contributed by atoms with E-state index >= 15 is 0 Å². The maximum Gasteiger partial charge on any atom is 0.256 e. The van der Waals surface area contributed by atoms with E-state index in [0.29, 0.717) is 30.5 Å². The normalized spacial score (nSPS) is 18.1. The summed E-state index contributed by atoms with van der Waals surface area (Å²) in [4.78, 5) is 21.3. The second kappa shape index (κ2) is 8.71. The first-order valence-corrected chi connectivity index (χ1v) is 11.1. The maximum absolute atomic E-state index is 12.3. The number of carbonyl (C=O) groups is 1. The van der Waals surface area contributed by atoms with Crippen molar-refractivity contribution >= 4 is 15.7 Å². The van der Waals surface area contributed by atoms with Gasteiger partial charge in [-0.15, -0.1) is 0 Å². The van der Waals surface area contributed by atoms with E-state index in [-0.39, 0.29) is 17.4 Å². The van der Waals surface area contributed by atoms with Crippen LogP contribution in [0.5, 0.6) is 11.6 Å². The van der Waals surface area contributed by atoms with Crippen LogP contribution in [0.3, 0.4) is 0 Å². The summed E-state index contributed by atoms with van der Waals surface area (Å²) in [6.07, 6.45) is 3.30. The number of ether oxygens (including phenoxy) is 2. The van der Waals surface area contributed by atoms with Crippen molar-refractivity contribution in [2.75, 3.05) is 19.5 Å². The Hall–Kier alpha value is -2.78. The van der Waals surface area contributed by atoms with Gasteiger partial charge in [0.1, 0.15) is 17.1 Å². The average Bonchev–Trinajstić information content (AvgIpc) is 3.20. The molecule has 0 bridgehead atoms. The molecule has 2 heterocycles. The van der Waals surface area contributed by atoms with E-state index in [0.717, 1.165) is 18.1 Å². The summed E-state index contributed by atoms with van der Waals surface area (Å²) in [6.45, 7) is 2.80. The van der Waals surface area contributed by atoms with Crippen LogP contribution in [0.25, 0.3) is 0 Å². The molecule has 154 valence electrons. The lowest BCUT2D eigenvalue weighted by Crippen LogP contribution is -2.20. The van der Waals surface area contributed by atoms with Gasteiger partial charge in [0.15, 0.2) is 9.84 Å². The van der Waals surface area contributed by atoms with Crippen LogP contribution in [0, 0.1) is 0 Å². The van der Waals surface area contributed by atoms with E-state index in [1.54, 1.807) is 31.2 Å². The predicted molar refractivity (Wildman–Crippen MR) is 108 cm³/mol. The fourth-order valence-corrected chi connectivity index (χ4v) is 3.50. The molecule has 1 fully saturated rings. The van der Waals surface area contributed by atoms with E-state index in [1.807, 2.05) is 6.07 Å². The molecule has 1 amide bonds. The molecule has 2 N–H and O–H groups in total. The van der Waals surface area contributed by atoms with Crippen molar-refractivity contribution in [3.8, 4) is 11.6 Å². The van der Waals surface area contributed by atoms with Gasteiger partial charge in [-0.2, -0.15) is 4.98 Å². The molecule has 9 heteroatoms. The second-order valence-corrected chi connectivity index (χ2v) is 8.87. The Morgan fingerprint density at radius 1 is 1.31 bits per heavy atom. The van der Waals surface area contributed by atoms with Crippen LogP contribution in [-0.2, 0) is 14.6 Å². The van der Waals surface area contributed by atoms with Crippen molar-refractivity contribution in [1.82, 2.24) is 9.97 Å². The number of benzene rings is 1. The van der Waals surface area contributed by atoms with E-state index < -0.39 is 21.7 Å². The average molecular weight is 417 g/mol. The fraction of sp³-hybridized carbons (Fsp3) is 0.350. The van der Waals surface area contributed by atoms with Gasteiger partial charge in [0, 0.05) is 30.1 Å². The van der Waals surface area contributed by atoms with Gasteiger partial charge in [0.25, 0.3) is 5.91 Å². The molecule has 1 aromatic carbocycles. The summed E-state index contributed by atoms with van der Waals surface area (Å²) in [5, 5.41) is 1.08. The molecule has 3 rings (SSSR count). The van der Waals surface area contributed by atoms with E-state index in [1.165, 1.54) is 6.08 Å². The van der Waals surface area contributed by atoms with Crippen LogP contribution in [0.1, 0.15) is 47.1 Å². The van der Waals surface area contributed by atoms with Gasteiger partial charge in [-0.3, -0.25) is 4.79 Å². The number of para-hydroxylation sites is 1. The van der Waals surface area contributed by atoms with Crippen molar-refractivity contribution in [2.45, 2.75) is 25.2 Å². The monoisotopic (exact) mass is 417 g/mol. The lowest BCUT2D eigenvalue weighted by atomic mass is 10.0. The quantitative estimate of drug-likeness (QED) is 0.734. The molecule has 0 radical (unpaired) electrons. The summed E-state index contributed by atoms with van der Waals surface area (Å²) in [5.41, 5.74) is 5.98. The van der Waals surface area contributed by atoms with Gasteiger partial charge in [0.05, 0.1) is 12.3 Å². The largest absolute Gasteiger partial charge is 0.438 e. The molecule has 1 unspecified atom stereocenters. The molecular formula is C20H23N3O5S. The van der Waals surface area contributed by atoms with Crippen LogP contribution in [0.15, 0.2) is 41.8 Å². The minimum Gasteiger partial charge on any atom is -0.438 e. The van der Waals surface area contributed by atoms with Crippen molar-refractivity contribution in [3.63, 3.8) is 0 Å².